The maximum atomic E-state index is 9.05. The predicted octanol–water partition coefficient (Wildman–Crippen LogP) is 21.1. The van der Waals surface area contributed by atoms with Gasteiger partial charge in [-0.25, -0.2) is 0 Å². The Balaban J connectivity index is 0.979. The van der Waals surface area contributed by atoms with Crippen LogP contribution in [-0.4, -0.2) is 14.1 Å². The molecule has 89 heavy (non-hydrogen) atoms. The molecular weight excluding hydrogens is 1270 g/mol. The van der Waals surface area contributed by atoms with E-state index in [0.717, 1.165) is 105 Å². The number of anilines is 6. The van der Waals surface area contributed by atoms with Gasteiger partial charge in [-0.1, -0.05) is 118 Å². The van der Waals surface area contributed by atoms with Crippen LogP contribution >= 0.6 is 0 Å². The fraction of sp³-hybridized carbons (Fsp3) is 0.122. The normalized spacial score (nSPS) is 14.0. The molecule has 4 heterocycles. The third-order valence-corrected chi connectivity index (χ3v) is 18.5. The van der Waals surface area contributed by atoms with E-state index in [1.165, 1.54) is 0 Å². The van der Waals surface area contributed by atoms with Gasteiger partial charge in [0.2, 0.25) is 0 Å². The Morgan fingerprint density at radius 2 is 1.07 bits per heavy atom. The van der Waals surface area contributed by atoms with E-state index in [0.29, 0.717) is 34.1 Å². The minimum atomic E-state index is -0.981. The molecule has 0 atom stereocenters. The van der Waals surface area contributed by atoms with Crippen molar-refractivity contribution in [3.63, 3.8) is 0 Å². The number of rotatable bonds is 9. The number of aromatic nitrogens is 3. The van der Waals surface area contributed by atoms with Gasteiger partial charge in [-0.3, -0.25) is 0 Å². The molecule has 7 heteroatoms. The van der Waals surface area contributed by atoms with Gasteiger partial charge in [0.15, 0.2) is 0 Å². The molecule has 0 radical (unpaired) electrons. The Morgan fingerprint density at radius 1 is 0.494 bits per heavy atom. The molecule has 2 aliphatic heterocycles. The van der Waals surface area contributed by atoms with E-state index in [2.05, 4.69) is 304 Å². The number of hydrogen-bond acceptors (Lipinski definition) is 4. The van der Waals surface area contributed by atoms with E-state index in [4.69, 9.17) is 16.6 Å². The monoisotopic (exact) mass is 1340 g/mol. The molecule has 0 saturated carbocycles. The fourth-order valence-corrected chi connectivity index (χ4v) is 14.5. The molecule has 6 nitrogen and oxygen atoms in total. The van der Waals surface area contributed by atoms with Crippen molar-refractivity contribution in [3.05, 3.63) is 322 Å². The first-order valence-corrected chi connectivity index (χ1v) is 31.3. The number of fused-ring (bicyclic) bond motifs is 9. The van der Waals surface area contributed by atoms with E-state index in [1.54, 1.807) is 6.20 Å². The Hall–Kier alpha value is -9.87. The first-order chi connectivity index (χ1) is 45.3. The van der Waals surface area contributed by atoms with Gasteiger partial charge in [0.05, 0.1) is 6.85 Å². The average molecular weight is 1340 g/mol. The van der Waals surface area contributed by atoms with E-state index < -0.39 is 29.0 Å². The zero-order chi connectivity index (χ0) is 65.1. The summed E-state index contributed by atoms with van der Waals surface area (Å²) in [5.74, 6) is 1.55. The third kappa shape index (κ3) is 9.26. The standard InChI is InChI=1S/C82H65N5O.Pt/c1-55-48-78(83-53-65(55)58-32-16-10-17-33-58)87-73-47-46-59(80(2,3)4)49-68(73)82(66-40-20-22-42-71(66)86(60-34-18-11-19-35-60)72-43-23-21-41-67(72)82)69-51-70(81(5,6)7)77(52-76(69)87)88-62-37-26-36-61(50-62)84-54-85(75-45-25-24-44-74(75)84)79-63(56-28-12-8-13-29-56)38-27-39-64(79)57-30-14-9-15-31-57;/h8-49,51,53H,1-7H3;/q-2;/i10D,16D,17D,32D,33D;. The Labute approximate surface area is 539 Å². The zero-order valence-electron chi connectivity index (χ0n) is 55.5. The van der Waals surface area contributed by atoms with Crippen LogP contribution in [0.25, 0.3) is 55.8 Å². The second-order valence-corrected chi connectivity index (χ2v) is 26.0. The van der Waals surface area contributed by atoms with Gasteiger partial charge in [-0.2, -0.15) is 0 Å². The van der Waals surface area contributed by atoms with Crippen molar-refractivity contribution in [3.8, 4) is 56.3 Å². The number of hydrogen-bond donors (Lipinski definition) is 0. The predicted molar refractivity (Wildman–Crippen MR) is 361 cm³/mol. The minimum Gasteiger partial charge on any atom is -0.310 e. The number of ether oxygens (including phenoxy) is 1. The molecule has 0 fully saturated rings. The number of imidazole rings is 1. The maximum absolute atomic E-state index is 9.05. The molecule has 0 bridgehead atoms. The second-order valence-electron chi connectivity index (χ2n) is 25.0. The smallest absolute Gasteiger partial charge is 0.310 e. The topological polar surface area (TPSA) is 38.5 Å². The molecule has 0 unspecified atom stereocenters. The molecule has 2 aliphatic rings. The van der Waals surface area contributed by atoms with Crippen LogP contribution in [-0.2, 0) is 35.6 Å². The summed E-state index contributed by atoms with van der Waals surface area (Å²) in [6, 6.07) is 87.7. The first-order valence-electron chi connectivity index (χ1n) is 32.6. The van der Waals surface area contributed by atoms with Crippen molar-refractivity contribution in [2.24, 2.45) is 0 Å². The summed E-state index contributed by atoms with van der Waals surface area (Å²) in [4.78, 5) is 9.85. The summed E-state index contributed by atoms with van der Waals surface area (Å²) < 4.78 is 56.8. The average Bonchev–Trinajstić information content (AvgIpc) is 0.758. The van der Waals surface area contributed by atoms with Crippen molar-refractivity contribution in [1.29, 1.82) is 0 Å². The fourth-order valence-electron chi connectivity index (χ4n) is 13.4. The van der Waals surface area contributed by atoms with Crippen LogP contribution in [0.2, 0.25) is 0 Å². The summed E-state index contributed by atoms with van der Waals surface area (Å²) in [5, 5.41) is 0. The van der Waals surface area contributed by atoms with Crippen LogP contribution in [0.15, 0.2) is 267 Å². The first kappa shape index (κ1) is 50.2. The van der Waals surface area contributed by atoms with Crippen LogP contribution in [0.4, 0.5) is 34.3 Å². The van der Waals surface area contributed by atoms with Crippen molar-refractivity contribution >= 4 is 45.3 Å². The number of benzene rings is 11. The van der Waals surface area contributed by atoms with Crippen LogP contribution in [0, 0.1) is 22.9 Å². The van der Waals surface area contributed by atoms with Crippen LogP contribution in [0.1, 0.15) is 87.3 Å². The number of nitrogens with zero attached hydrogens (tertiary/aromatic N) is 5. The van der Waals surface area contributed by atoms with Gasteiger partial charge in [0.1, 0.15) is 0 Å². The number of para-hydroxylation sites is 6. The Morgan fingerprint density at radius 3 is 1.69 bits per heavy atom. The van der Waals surface area contributed by atoms with E-state index in [1.807, 2.05) is 25.1 Å². The SMILES string of the molecule is [2H]c1c([2H])c([2H])c(-c2cnc(N3c4[c-]c(Oc5[c-]c(-n6[c](=[Pt])n(-c7c(-c8ccccc8)cccc7-c7ccccc7)c7ccccc76)ccc5)c(C(C)(C)C)cc4C4(c5cc(C(C)(C)C)ccc53)c3ccccc3N(c3ccccc3)c3ccccc34)cc2C)c([2H])c1[2H]. The number of pyridine rings is 1. The molecule has 436 valence electrons. The Kier molecular flexibility index (Phi) is 12.3. The molecule has 1 spiro atoms. The second kappa shape index (κ2) is 21.8. The minimum absolute atomic E-state index is 0.0936. The van der Waals surface area contributed by atoms with Gasteiger partial charge in [-0.15, -0.1) is 0 Å². The van der Waals surface area contributed by atoms with Gasteiger partial charge < -0.3 is 4.90 Å². The molecule has 0 aliphatic carbocycles. The van der Waals surface area contributed by atoms with E-state index in [9.17, 15) is 0 Å². The zero-order valence-corrected chi connectivity index (χ0v) is 52.7. The van der Waals surface area contributed by atoms with Crippen molar-refractivity contribution in [2.45, 2.75) is 64.7 Å². The van der Waals surface area contributed by atoms with E-state index in [-0.39, 0.29) is 23.1 Å². The summed E-state index contributed by atoms with van der Waals surface area (Å²) >= 11 is 2.48. The summed E-state index contributed by atoms with van der Waals surface area (Å²) in [6.07, 6.45) is 1.65. The van der Waals surface area contributed by atoms with Crippen LogP contribution in [0.3, 0.4) is 0 Å². The molecule has 11 aromatic carbocycles. The van der Waals surface area contributed by atoms with Crippen molar-refractivity contribution < 1.29 is 30.9 Å². The Bertz CT molecular complexity index is 5130. The molecule has 2 aromatic heterocycles. The number of aryl methyl sites for hydroxylation is 1. The van der Waals surface area contributed by atoms with Gasteiger partial charge in [0.25, 0.3) is 0 Å². The van der Waals surface area contributed by atoms with Gasteiger partial charge in [0, 0.05) is 28.8 Å². The molecular formula is C82H65N5OPt-2. The van der Waals surface area contributed by atoms with Crippen LogP contribution < -0.4 is 14.5 Å². The third-order valence-electron chi connectivity index (χ3n) is 17.5. The van der Waals surface area contributed by atoms with E-state index >= 15 is 0 Å². The van der Waals surface area contributed by atoms with Crippen molar-refractivity contribution in [2.75, 3.05) is 9.80 Å². The summed E-state index contributed by atoms with van der Waals surface area (Å²) in [5.41, 5.74) is 18.7. The molecule has 0 amide bonds. The van der Waals surface area contributed by atoms with Crippen molar-refractivity contribution in [1.82, 2.24) is 14.1 Å². The van der Waals surface area contributed by atoms with Gasteiger partial charge in [-0.05, 0) is 53.3 Å². The quantitative estimate of drug-likeness (QED) is 0.135. The molecule has 15 rings (SSSR count). The summed E-state index contributed by atoms with van der Waals surface area (Å²) in [6.45, 7) is 15.3. The van der Waals surface area contributed by atoms with Crippen LogP contribution in [0.5, 0.6) is 11.5 Å². The molecule has 0 N–H and O–H groups in total. The molecule has 0 saturated heterocycles. The summed E-state index contributed by atoms with van der Waals surface area (Å²) in [7, 11) is 0. The van der Waals surface area contributed by atoms with Gasteiger partial charge >= 0.3 is 331 Å². The molecule has 13 aromatic rings.